The average Bonchev–Trinajstić information content (AvgIpc) is 2.09. The predicted octanol–water partition coefficient (Wildman–Crippen LogP) is 1.55. The Balaban J connectivity index is 2.67. The lowest BCUT2D eigenvalue weighted by Crippen LogP contribution is -2.45. The number of piperidine rings is 1. The van der Waals surface area contributed by atoms with E-state index >= 15 is 0 Å². The van der Waals surface area contributed by atoms with Crippen LogP contribution in [0.5, 0.6) is 0 Å². The van der Waals surface area contributed by atoms with Crippen LogP contribution in [0.4, 0.5) is 0 Å². The highest BCUT2D eigenvalue weighted by Gasteiger charge is 2.27. The van der Waals surface area contributed by atoms with Crippen molar-refractivity contribution in [2.45, 2.75) is 39.2 Å². The number of hydrogen-bond donors (Lipinski definition) is 0. The number of nitrogens with zero attached hydrogens (tertiary/aromatic N) is 2. The van der Waals surface area contributed by atoms with E-state index in [-0.39, 0.29) is 17.9 Å². The lowest BCUT2D eigenvalue weighted by Gasteiger charge is -2.32. The van der Waals surface area contributed by atoms with Crippen molar-refractivity contribution < 1.29 is 4.79 Å². The highest BCUT2D eigenvalue weighted by Crippen LogP contribution is 2.17. The van der Waals surface area contributed by atoms with Gasteiger partial charge in [0.1, 0.15) is 6.04 Å². The van der Waals surface area contributed by atoms with Crippen LogP contribution in [-0.2, 0) is 4.79 Å². The third-order valence-corrected chi connectivity index (χ3v) is 2.46. The molecule has 0 radical (unpaired) electrons. The molecule has 1 rings (SSSR count). The molecule has 3 heteroatoms. The van der Waals surface area contributed by atoms with Gasteiger partial charge in [-0.3, -0.25) is 4.79 Å². The summed E-state index contributed by atoms with van der Waals surface area (Å²) in [6, 6.07) is 1.98. The molecule has 72 valence electrons. The average molecular weight is 180 g/mol. The topological polar surface area (TPSA) is 44.1 Å². The standard InChI is InChI=1S/C10H16N2O/c1-8(2)9(7-11)12-6-4-3-5-10(12)13/h8-9H,3-6H2,1-2H3. The number of nitriles is 1. The maximum Gasteiger partial charge on any atom is 0.223 e. The summed E-state index contributed by atoms with van der Waals surface area (Å²) in [5.41, 5.74) is 0. The number of rotatable bonds is 2. The zero-order valence-electron chi connectivity index (χ0n) is 8.29. The molecule has 1 aliphatic rings. The lowest BCUT2D eigenvalue weighted by atomic mass is 10.0. The van der Waals surface area contributed by atoms with Crippen LogP contribution in [0.1, 0.15) is 33.1 Å². The SMILES string of the molecule is CC(C)C(C#N)N1CCCCC1=O. The molecule has 0 aromatic heterocycles. The van der Waals surface area contributed by atoms with Crippen molar-refractivity contribution in [1.82, 2.24) is 4.90 Å². The molecule has 1 amide bonds. The first-order chi connectivity index (χ1) is 6.16. The van der Waals surface area contributed by atoms with Gasteiger partial charge in [-0.1, -0.05) is 13.8 Å². The summed E-state index contributed by atoms with van der Waals surface area (Å²) < 4.78 is 0. The number of carbonyl (C=O) groups excluding carboxylic acids is 1. The van der Waals surface area contributed by atoms with Crippen LogP contribution < -0.4 is 0 Å². The molecule has 1 heterocycles. The van der Waals surface area contributed by atoms with Crippen LogP contribution >= 0.6 is 0 Å². The third kappa shape index (κ3) is 2.21. The fraction of sp³-hybridized carbons (Fsp3) is 0.800. The summed E-state index contributed by atoms with van der Waals surface area (Å²) in [6.45, 7) is 4.72. The number of carbonyl (C=O) groups is 1. The van der Waals surface area contributed by atoms with Crippen molar-refractivity contribution in [2.75, 3.05) is 6.54 Å². The Morgan fingerprint density at radius 1 is 1.46 bits per heavy atom. The Morgan fingerprint density at radius 2 is 2.15 bits per heavy atom. The second-order valence-electron chi connectivity index (χ2n) is 3.86. The zero-order chi connectivity index (χ0) is 9.84. The van der Waals surface area contributed by atoms with Crippen molar-refractivity contribution in [3.63, 3.8) is 0 Å². The maximum atomic E-state index is 11.5. The molecule has 0 N–H and O–H groups in total. The van der Waals surface area contributed by atoms with Gasteiger partial charge in [-0.25, -0.2) is 0 Å². The molecule has 3 nitrogen and oxygen atoms in total. The van der Waals surface area contributed by atoms with Gasteiger partial charge >= 0.3 is 0 Å². The molecule has 1 unspecified atom stereocenters. The number of likely N-dealkylation sites (tertiary alicyclic amines) is 1. The molecule has 0 aliphatic carbocycles. The summed E-state index contributed by atoms with van der Waals surface area (Å²) in [4.78, 5) is 13.2. The smallest absolute Gasteiger partial charge is 0.223 e. The number of amides is 1. The quantitative estimate of drug-likeness (QED) is 0.647. The monoisotopic (exact) mass is 180 g/mol. The highest BCUT2D eigenvalue weighted by molar-refractivity contribution is 5.77. The fourth-order valence-corrected chi connectivity index (χ4v) is 1.70. The normalized spacial score (nSPS) is 20.2. The van der Waals surface area contributed by atoms with E-state index in [4.69, 9.17) is 5.26 Å². The fourth-order valence-electron chi connectivity index (χ4n) is 1.70. The van der Waals surface area contributed by atoms with E-state index in [1.165, 1.54) is 0 Å². The van der Waals surface area contributed by atoms with Gasteiger partial charge in [-0.2, -0.15) is 5.26 Å². The van der Waals surface area contributed by atoms with Crippen LogP contribution in [0, 0.1) is 17.2 Å². The third-order valence-electron chi connectivity index (χ3n) is 2.46. The van der Waals surface area contributed by atoms with E-state index in [0.29, 0.717) is 6.42 Å². The number of hydrogen-bond acceptors (Lipinski definition) is 2. The van der Waals surface area contributed by atoms with Gasteiger partial charge in [0.05, 0.1) is 6.07 Å². The van der Waals surface area contributed by atoms with E-state index < -0.39 is 0 Å². The Hall–Kier alpha value is -1.04. The van der Waals surface area contributed by atoms with Crippen molar-refractivity contribution in [2.24, 2.45) is 5.92 Å². The van der Waals surface area contributed by atoms with Crippen molar-refractivity contribution in [3.05, 3.63) is 0 Å². The van der Waals surface area contributed by atoms with Gasteiger partial charge in [0.2, 0.25) is 5.91 Å². The van der Waals surface area contributed by atoms with Crippen LogP contribution in [0.25, 0.3) is 0 Å². The minimum Gasteiger partial charge on any atom is -0.326 e. The first-order valence-electron chi connectivity index (χ1n) is 4.86. The first kappa shape index (κ1) is 10.0. The van der Waals surface area contributed by atoms with E-state index in [1.807, 2.05) is 13.8 Å². The van der Waals surface area contributed by atoms with Gasteiger partial charge in [0, 0.05) is 13.0 Å². The Morgan fingerprint density at radius 3 is 2.62 bits per heavy atom. The molecule has 0 aromatic rings. The van der Waals surface area contributed by atoms with Crippen molar-refractivity contribution in [3.8, 4) is 6.07 Å². The van der Waals surface area contributed by atoms with Gasteiger partial charge in [0.25, 0.3) is 0 Å². The Bertz CT molecular complexity index is 230. The molecule has 0 saturated carbocycles. The first-order valence-corrected chi connectivity index (χ1v) is 4.86. The molecule has 13 heavy (non-hydrogen) atoms. The summed E-state index contributed by atoms with van der Waals surface area (Å²) in [7, 11) is 0. The summed E-state index contributed by atoms with van der Waals surface area (Å²) in [6.07, 6.45) is 2.63. The van der Waals surface area contributed by atoms with Crippen LogP contribution in [0.3, 0.4) is 0 Å². The van der Waals surface area contributed by atoms with Gasteiger partial charge < -0.3 is 4.90 Å². The van der Waals surface area contributed by atoms with E-state index in [1.54, 1.807) is 4.90 Å². The second-order valence-corrected chi connectivity index (χ2v) is 3.86. The molecule has 1 aliphatic heterocycles. The predicted molar refractivity (Wildman–Crippen MR) is 49.8 cm³/mol. The van der Waals surface area contributed by atoms with Gasteiger partial charge in [-0.15, -0.1) is 0 Å². The molecular formula is C10H16N2O. The summed E-state index contributed by atoms with van der Waals surface area (Å²) >= 11 is 0. The van der Waals surface area contributed by atoms with Crippen LogP contribution in [-0.4, -0.2) is 23.4 Å². The molecule has 1 saturated heterocycles. The minimum atomic E-state index is -0.229. The molecule has 0 aromatic carbocycles. The molecule has 1 fully saturated rings. The molecule has 0 spiro atoms. The van der Waals surface area contributed by atoms with Gasteiger partial charge in [0.15, 0.2) is 0 Å². The minimum absolute atomic E-state index is 0.145. The van der Waals surface area contributed by atoms with E-state index in [2.05, 4.69) is 6.07 Å². The van der Waals surface area contributed by atoms with Crippen LogP contribution in [0.15, 0.2) is 0 Å². The lowest BCUT2D eigenvalue weighted by molar-refractivity contribution is -0.135. The van der Waals surface area contributed by atoms with Crippen molar-refractivity contribution in [1.29, 1.82) is 5.26 Å². The van der Waals surface area contributed by atoms with Crippen LogP contribution in [0.2, 0.25) is 0 Å². The maximum absolute atomic E-state index is 11.5. The molecular weight excluding hydrogens is 164 g/mol. The highest BCUT2D eigenvalue weighted by atomic mass is 16.2. The van der Waals surface area contributed by atoms with Crippen molar-refractivity contribution >= 4 is 5.91 Å². The molecule has 0 bridgehead atoms. The Kier molecular flexibility index (Phi) is 3.30. The molecule has 1 atom stereocenters. The van der Waals surface area contributed by atoms with E-state index in [9.17, 15) is 4.79 Å². The van der Waals surface area contributed by atoms with E-state index in [0.717, 1.165) is 19.4 Å². The zero-order valence-corrected chi connectivity index (χ0v) is 8.29. The largest absolute Gasteiger partial charge is 0.326 e. The summed E-state index contributed by atoms with van der Waals surface area (Å²) in [5.74, 6) is 0.374. The second kappa shape index (κ2) is 4.27. The Labute approximate surface area is 79.3 Å². The summed E-state index contributed by atoms with van der Waals surface area (Å²) in [5, 5.41) is 8.92. The van der Waals surface area contributed by atoms with Gasteiger partial charge in [-0.05, 0) is 18.8 Å².